The minimum absolute atomic E-state index is 0.235. The molecule has 4 heterocycles. The molecule has 7 heteroatoms. The highest BCUT2D eigenvalue weighted by molar-refractivity contribution is 7.19. The number of aryl methyl sites for hydroxylation is 2. The number of carbonyl (C=O) groups excluding carboxylic acids is 1. The maximum Gasteiger partial charge on any atom is 0.224 e. The molecule has 1 fully saturated rings. The van der Waals surface area contributed by atoms with E-state index in [2.05, 4.69) is 10.3 Å². The van der Waals surface area contributed by atoms with Gasteiger partial charge < -0.3 is 10.2 Å². The molecule has 0 aromatic carbocycles. The molecule has 1 N–H and O–H groups in total. The summed E-state index contributed by atoms with van der Waals surface area (Å²) in [6.45, 7) is 2.40. The Morgan fingerprint density at radius 3 is 2.89 bits per heavy atom. The average Bonchev–Trinajstić information content (AvgIpc) is 3.45. The van der Waals surface area contributed by atoms with Crippen LogP contribution >= 0.6 is 11.3 Å². The van der Waals surface area contributed by atoms with E-state index in [0.717, 1.165) is 60.4 Å². The molecular weight excluding hydrogens is 370 g/mol. The van der Waals surface area contributed by atoms with Crippen LogP contribution in [0.1, 0.15) is 36.1 Å². The molecule has 1 aliphatic carbocycles. The minimum Gasteiger partial charge on any atom is -0.369 e. The Morgan fingerprint density at radius 1 is 1.18 bits per heavy atom. The number of nitrogens with one attached hydrogen (secondary N) is 1. The first-order valence-corrected chi connectivity index (χ1v) is 10.9. The van der Waals surface area contributed by atoms with Gasteiger partial charge >= 0.3 is 0 Å². The van der Waals surface area contributed by atoms with Gasteiger partial charge in [-0.1, -0.05) is 0 Å². The number of hydrogen-bond acceptors (Lipinski definition) is 6. The smallest absolute Gasteiger partial charge is 0.224 e. The van der Waals surface area contributed by atoms with Crippen molar-refractivity contribution in [1.29, 1.82) is 0 Å². The van der Waals surface area contributed by atoms with Gasteiger partial charge in [0.05, 0.1) is 5.39 Å². The number of thiophene rings is 1. The van der Waals surface area contributed by atoms with Crippen LogP contribution in [0.2, 0.25) is 0 Å². The third-order valence-electron chi connectivity index (χ3n) is 5.57. The molecule has 1 amide bonds. The molecule has 0 unspecified atom stereocenters. The van der Waals surface area contributed by atoms with Gasteiger partial charge in [-0.15, -0.1) is 11.3 Å². The summed E-state index contributed by atoms with van der Waals surface area (Å²) in [5.74, 6) is 1.78. The fourth-order valence-electron chi connectivity index (χ4n) is 4.16. The molecule has 28 heavy (non-hydrogen) atoms. The van der Waals surface area contributed by atoms with Crippen LogP contribution in [0, 0.1) is 0 Å². The zero-order valence-corrected chi connectivity index (χ0v) is 16.6. The number of rotatable bonds is 5. The third kappa shape index (κ3) is 3.24. The van der Waals surface area contributed by atoms with Crippen molar-refractivity contribution in [2.24, 2.45) is 0 Å². The van der Waals surface area contributed by atoms with E-state index < -0.39 is 0 Å². The fraction of sp³-hybridized carbons (Fsp3) is 0.429. The van der Waals surface area contributed by atoms with Crippen LogP contribution in [-0.4, -0.2) is 45.4 Å². The van der Waals surface area contributed by atoms with E-state index in [1.165, 1.54) is 16.9 Å². The first-order valence-electron chi connectivity index (χ1n) is 10.0. The Bertz CT molecular complexity index is 1010. The van der Waals surface area contributed by atoms with E-state index in [0.29, 0.717) is 18.8 Å². The number of aromatic nitrogens is 3. The van der Waals surface area contributed by atoms with Gasteiger partial charge in [0, 0.05) is 48.9 Å². The maximum atomic E-state index is 12.4. The second kappa shape index (κ2) is 7.47. The minimum atomic E-state index is 0.235. The summed E-state index contributed by atoms with van der Waals surface area (Å²) in [6, 6.07) is 3.88. The van der Waals surface area contributed by atoms with Crippen LogP contribution in [0.5, 0.6) is 0 Å². The van der Waals surface area contributed by atoms with Crippen molar-refractivity contribution >= 4 is 33.3 Å². The Balaban J connectivity index is 1.44. The van der Waals surface area contributed by atoms with Gasteiger partial charge in [0.25, 0.3) is 0 Å². The summed E-state index contributed by atoms with van der Waals surface area (Å²) in [5, 5.41) is 4.61. The molecule has 1 saturated heterocycles. The summed E-state index contributed by atoms with van der Waals surface area (Å²) in [4.78, 5) is 30.7. The first-order chi connectivity index (χ1) is 13.8. The lowest BCUT2D eigenvalue weighted by Gasteiger charge is -2.16. The van der Waals surface area contributed by atoms with Crippen molar-refractivity contribution in [3.63, 3.8) is 0 Å². The Kier molecular flexibility index (Phi) is 4.68. The molecule has 144 valence electrons. The quantitative estimate of drug-likeness (QED) is 0.716. The molecule has 3 aromatic heterocycles. The van der Waals surface area contributed by atoms with Gasteiger partial charge in [-0.05, 0) is 49.8 Å². The van der Waals surface area contributed by atoms with Crippen LogP contribution in [-0.2, 0) is 17.6 Å². The zero-order valence-electron chi connectivity index (χ0n) is 15.8. The highest BCUT2D eigenvalue weighted by atomic mass is 32.1. The Morgan fingerprint density at radius 2 is 2.07 bits per heavy atom. The van der Waals surface area contributed by atoms with Crippen LogP contribution in [0.15, 0.2) is 24.5 Å². The number of pyridine rings is 1. The van der Waals surface area contributed by atoms with Crippen molar-refractivity contribution < 1.29 is 4.79 Å². The molecular formula is C21H23N5OS. The van der Waals surface area contributed by atoms with Crippen LogP contribution in [0.3, 0.4) is 0 Å². The molecule has 0 spiro atoms. The van der Waals surface area contributed by atoms with Crippen LogP contribution < -0.4 is 5.32 Å². The number of likely N-dealkylation sites (tertiary alicyclic amines) is 1. The number of carbonyl (C=O) groups is 1. The molecule has 3 aromatic rings. The average molecular weight is 394 g/mol. The Hall–Kier alpha value is -2.54. The number of amides is 1. The highest BCUT2D eigenvalue weighted by Gasteiger charge is 2.23. The molecule has 6 nitrogen and oxygen atoms in total. The molecule has 0 radical (unpaired) electrons. The topological polar surface area (TPSA) is 71.0 Å². The predicted octanol–water partition coefficient (Wildman–Crippen LogP) is 3.67. The normalized spacial score (nSPS) is 15.9. The predicted molar refractivity (Wildman–Crippen MR) is 112 cm³/mol. The van der Waals surface area contributed by atoms with Crippen molar-refractivity contribution in [2.45, 2.75) is 38.5 Å². The third-order valence-corrected chi connectivity index (χ3v) is 6.76. The molecule has 5 rings (SSSR count). The van der Waals surface area contributed by atoms with E-state index in [1.54, 1.807) is 23.7 Å². The summed E-state index contributed by atoms with van der Waals surface area (Å²) in [7, 11) is 0. The summed E-state index contributed by atoms with van der Waals surface area (Å²) < 4.78 is 0. The van der Waals surface area contributed by atoms with E-state index in [1.807, 2.05) is 17.0 Å². The molecule has 2 aliphatic rings. The summed E-state index contributed by atoms with van der Waals surface area (Å²) in [6.07, 6.45) is 9.72. The van der Waals surface area contributed by atoms with Gasteiger partial charge in [-0.25, -0.2) is 9.97 Å². The second-order valence-corrected chi connectivity index (χ2v) is 8.52. The molecule has 0 bridgehead atoms. The number of hydrogen-bond donors (Lipinski definition) is 1. The number of fused-ring (bicyclic) bond motifs is 3. The summed E-state index contributed by atoms with van der Waals surface area (Å²) >= 11 is 1.78. The first kappa shape index (κ1) is 17.6. The van der Waals surface area contributed by atoms with Gasteiger partial charge in [-0.2, -0.15) is 0 Å². The number of nitrogens with zero attached hydrogens (tertiary/aromatic N) is 4. The van der Waals surface area contributed by atoms with Gasteiger partial charge in [-0.3, -0.25) is 9.78 Å². The van der Waals surface area contributed by atoms with E-state index in [-0.39, 0.29) is 5.91 Å². The monoisotopic (exact) mass is 393 g/mol. The SMILES string of the molecule is O=C(CCNc1nc(-c2cccnc2)nc2sc3c(c12)CCC3)N1CCCC1. The Labute approximate surface area is 168 Å². The lowest BCUT2D eigenvalue weighted by atomic mass is 10.1. The molecule has 0 saturated carbocycles. The lowest BCUT2D eigenvalue weighted by molar-refractivity contribution is -0.129. The zero-order chi connectivity index (χ0) is 18.9. The van der Waals surface area contributed by atoms with Crippen molar-refractivity contribution in [3.8, 4) is 11.4 Å². The van der Waals surface area contributed by atoms with Crippen molar-refractivity contribution in [3.05, 3.63) is 35.0 Å². The van der Waals surface area contributed by atoms with Crippen LogP contribution in [0.4, 0.5) is 5.82 Å². The summed E-state index contributed by atoms with van der Waals surface area (Å²) in [5.41, 5.74) is 2.31. The maximum absolute atomic E-state index is 12.4. The van der Waals surface area contributed by atoms with Crippen molar-refractivity contribution in [2.75, 3.05) is 25.0 Å². The second-order valence-electron chi connectivity index (χ2n) is 7.44. The van der Waals surface area contributed by atoms with Gasteiger partial charge in [0.15, 0.2) is 5.82 Å². The van der Waals surface area contributed by atoms with E-state index in [9.17, 15) is 4.79 Å². The lowest BCUT2D eigenvalue weighted by Crippen LogP contribution is -2.29. The van der Waals surface area contributed by atoms with Gasteiger partial charge in [0.1, 0.15) is 10.6 Å². The molecule has 1 aliphatic heterocycles. The van der Waals surface area contributed by atoms with Crippen molar-refractivity contribution in [1.82, 2.24) is 19.9 Å². The van der Waals surface area contributed by atoms with Crippen LogP contribution in [0.25, 0.3) is 21.6 Å². The van der Waals surface area contributed by atoms with E-state index >= 15 is 0 Å². The molecule has 0 atom stereocenters. The highest BCUT2D eigenvalue weighted by Crippen LogP contribution is 2.40. The number of anilines is 1. The van der Waals surface area contributed by atoms with E-state index in [4.69, 9.17) is 9.97 Å². The largest absolute Gasteiger partial charge is 0.369 e. The standard InChI is InChI=1S/C21H23N5OS/c27-17(26-11-1-2-12-26)8-10-23-20-18-15-6-3-7-16(15)28-21(18)25-19(24-20)14-5-4-9-22-13-14/h4-5,9,13H,1-3,6-8,10-12H2,(H,23,24,25). The fourth-order valence-corrected chi connectivity index (χ4v) is 5.42. The van der Waals surface area contributed by atoms with Gasteiger partial charge in [0.2, 0.25) is 5.91 Å².